The molecule has 1 aliphatic heterocycles. The summed E-state index contributed by atoms with van der Waals surface area (Å²) in [5.74, 6) is 0.209. The van der Waals surface area contributed by atoms with Crippen molar-refractivity contribution in [3.05, 3.63) is 0 Å². The molecule has 0 aliphatic carbocycles. The molecule has 3 nitrogen and oxygen atoms in total. The Kier molecular flexibility index (Phi) is 4.22. The summed E-state index contributed by atoms with van der Waals surface area (Å²) in [6.45, 7) is 3.35. The van der Waals surface area contributed by atoms with Gasteiger partial charge in [-0.2, -0.15) is 0 Å². The van der Waals surface area contributed by atoms with Crippen LogP contribution in [0.25, 0.3) is 0 Å². The monoisotopic (exact) mass is 185 g/mol. The molecular formula is C10H19NO2. The van der Waals surface area contributed by atoms with Gasteiger partial charge < -0.3 is 9.64 Å². The number of carbonyl (C=O) groups is 1. The van der Waals surface area contributed by atoms with Crippen LogP contribution >= 0.6 is 0 Å². The standard InChI is InChI=1S/C10H19NO2/c1-9(12)11-7-4-3-5-10(11)6-8-13-2/h10H,3-8H2,1-2H3/t10-/m1/s1. The van der Waals surface area contributed by atoms with Gasteiger partial charge in [0.05, 0.1) is 0 Å². The van der Waals surface area contributed by atoms with Gasteiger partial charge in [0.25, 0.3) is 0 Å². The van der Waals surface area contributed by atoms with Crippen LogP contribution in [-0.2, 0) is 9.53 Å². The number of likely N-dealkylation sites (tertiary alicyclic amines) is 1. The lowest BCUT2D eigenvalue weighted by Gasteiger charge is -2.35. The molecule has 1 atom stereocenters. The Bertz CT molecular complexity index is 170. The maximum Gasteiger partial charge on any atom is 0.219 e. The van der Waals surface area contributed by atoms with E-state index in [1.807, 2.05) is 4.90 Å². The zero-order valence-corrected chi connectivity index (χ0v) is 8.58. The van der Waals surface area contributed by atoms with Crippen LogP contribution in [0.3, 0.4) is 0 Å². The molecule has 1 aliphatic rings. The summed E-state index contributed by atoms with van der Waals surface area (Å²) in [7, 11) is 1.71. The molecule has 76 valence electrons. The second-order valence-corrected chi connectivity index (χ2v) is 3.64. The van der Waals surface area contributed by atoms with E-state index in [0.29, 0.717) is 6.04 Å². The van der Waals surface area contributed by atoms with E-state index in [4.69, 9.17) is 4.74 Å². The molecule has 0 saturated carbocycles. The van der Waals surface area contributed by atoms with Gasteiger partial charge in [0.1, 0.15) is 0 Å². The Morgan fingerprint density at radius 2 is 2.31 bits per heavy atom. The van der Waals surface area contributed by atoms with Crippen LogP contribution in [0.2, 0.25) is 0 Å². The maximum absolute atomic E-state index is 11.3. The highest BCUT2D eigenvalue weighted by atomic mass is 16.5. The lowest BCUT2D eigenvalue weighted by molar-refractivity contribution is -0.132. The van der Waals surface area contributed by atoms with Crippen molar-refractivity contribution < 1.29 is 9.53 Å². The van der Waals surface area contributed by atoms with Crippen LogP contribution in [-0.4, -0.2) is 37.1 Å². The SMILES string of the molecule is COCC[C@H]1CCCCN1C(C)=O. The number of rotatable bonds is 3. The summed E-state index contributed by atoms with van der Waals surface area (Å²) < 4.78 is 5.03. The van der Waals surface area contributed by atoms with Crippen molar-refractivity contribution in [2.75, 3.05) is 20.3 Å². The zero-order valence-electron chi connectivity index (χ0n) is 8.58. The topological polar surface area (TPSA) is 29.5 Å². The fraction of sp³-hybridized carbons (Fsp3) is 0.900. The average molecular weight is 185 g/mol. The average Bonchev–Trinajstić information content (AvgIpc) is 2.15. The molecule has 0 spiro atoms. The van der Waals surface area contributed by atoms with Crippen molar-refractivity contribution in [1.29, 1.82) is 0 Å². The van der Waals surface area contributed by atoms with E-state index < -0.39 is 0 Å². The minimum Gasteiger partial charge on any atom is -0.385 e. The summed E-state index contributed by atoms with van der Waals surface area (Å²) in [5, 5.41) is 0. The summed E-state index contributed by atoms with van der Waals surface area (Å²) in [6.07, 6.45) is 4.53. The quantitative estimate of drug-likeness (QED) is 0.665. The molecular weight excluding hydrogens is 166 g/mol. The largest absolute Gasteiger partial charge is 0.385 e. The van der Waals surface area contributed by atoms with E-state index in [0.717, 1.165) is 32.4 Å². The molecule has 1 heterocycles. The first-order valence-electron chi connectivity index (χ1n) is 5.02. The first-order valence-corrected chi connectivity index (χ1v) is 5.02. The fourth-order valence-electron chi connectivity index (χ4n) is 1.97. The Labute approximate surface area is 80.1 Å². The molecule has 13 heavy (non-hydrogen) atoms. The predicted octanol–water partition coefficient (Wildman–Crippen LogP) is 1.42. The maximum atomic E-state index is 11.3. The first-order chi connectivity index (χ1) is 6.25. The molecule has 1 rings (SSSR count). The highest BCUT2D eigenvalue weighted by Gasteiger charge is 2.23. The molecule has 0 aromatic rings. The van der Waals surface area contributed by atoms with Gasteiger partial charge in [0.15, 0.2) is 0 Å². The van der Waals surface area contributed by atoms with Crippen LogP contribution < -0.4 is 0 Å². The first kappa shape index (κ1) is 10.5. The van der Waals surface area contributed by atoms with Gasteiger partial charge in [0.2, 0.25) is 5.91 Å². The summed E-state index contributed by atoms with van der Waals surface area (Å²) >= 11 is 0. The summed E-state index contributed by atoms with van der Waals surface area (Å²) in [5.41, 5.74) is 0. The molecule has 1 saturated heterocycles. The Balaban J connectivity index is 2.41. The van der Waals surface area contributed by atoms with E-state index in [9.17, 15) is 4.79 Å². The predicted molar refractivity (Wildman–Crippen MR) is 51.5 cm³/mol. The highest BCUT2D eigenvalue weighted by Crippen LogP contribution is 2.19. The Morgan fingerprint density at radius 1 is 1.54 bits per heavy atom. The van der Waals surface area contributed by atoms with Gasteiger partial charge in [-0.15, -0.1) is 0 Å². The summed E-state index contributed by atoms with van der Waals surface area (Å²) in [4.78, 5) is 13.2. The number of piperidine rings is 1. The number of methoxy groups -OCH3 is 1. The zero-order chi connectivity index (χ0) is 9.68. The van der Waals surface area contributed by atoms with Crippen LogP contribution in [0.15, 0.2) is 0 Å². The lowest BCUT2D eigenvalue weighted by Crippen LogP contribution is -2.43. The molecule has 0 aromatic carbocycles. The molecule has 0 N–H and O–H groups in total. The third-order valence-electron chi connectivity index (χ3n) is 2.69. The van der Waals surface area contributed by atoms with Gasteiger partial charge in [-0.3, -0.25) is 4.79 Å². The van der Waals surface area contributed by atoms with Gasteiger partial charge in [-0.05, 0) is 25.7 Å². The van der Waals surface area contributed by atoms with Crippen molar-refractivity contribution in [2.24, 2.45) is 0 Å². The Hall–Kier alpha value is -0.570. The van der Waals surface area contributed by atoms with E-state index in [1.54, 1.807) is 14.0 Å². The molecule has 0 radical (unpaired) electrons. The van der Waals surface area contributed by atoms with E-state index in [-0.39, 0.29) is 5.91 Å². The Morgan fingerprint density at radius 3 is 2.92 bits per heavy atom. The van der Waals surface area contributed by atoms with E-state index >= 15 is 0 Å². The third kappa shape index (κ3) is 2.99. The molecule has 0 aromatic heterocycles. The molecule has 0 unspecified atom stereocenters. The smallest absolute Gasteiger partial charge is 0.219 e. The van der Waals surface area contributed by atoms with Crippen molar-refractivity contribution in [3.8, 4) is 0 Å². The number of ether oxygens (including phenoxy) is 1. The van der Waals surface area contributed by atoms with Crippen LogP contribution in [0.4, 0.5) is 0 Å². The van der Waals surface area contributed by atoms with Crippen molar-refractivity contribution in [3.63, 3.8) is 0 Å². The highest BCUT2D eigenvalue weighted by molar-refractivity contribution is 5.73. The second-order valence-electron chi connectivity index (χ2n) is 3.64. The van der Waals surface area contributed by atoms with Gasteiger partial charge >= 0.3 is 0 Å². The second kappa shape index (κ2) is 5.22. The number of amides is 1. The van der Waals surface area contributed by atoms with Gasteiger partial charge in [-0.25, -0.2) is 0 Å². The number of hydrogen-bond acceptors (Lipinski definition) is 2. The normalized spacial score (nSPS) is 23.2. The van der Waals surface area contributed by atoms with Crippen LogP contribution in [0, 0.1) is 0 Å². The molecule has 0 bridgehead atoms. The van der Waals surface area contributed by atoms with Gasteiger partial charge in [0, 0.05) is 33.2 Å². The van der Waals surface area contributed by atoms with E-state index in [2.05, 4.69) is 0 Å². The number of hydrogen-bond donors (Lipinski definition) is 0. The number of carbonyl (C=O) groups excluding carboxylic acids is 1. The number of nitrogens with zero attached hydrogens (tertiary/aromatic N) is 1. The lowest BCUT2D eigenvalue weighted by atomic mass is 10.00. The van der Waals surface area contributed by atoms with Crippen LogP contribution in [0.5, 0.6) is 0 Å². The van der Waals surface area contributed by atoms with Crippen LogP contribution in [0.1, 0.15) is 32.6 Å². The summed E-state index contributed by atoms with van der Waals surface area (Å²) in [6, 6.07) is 0.422. The molecule has 3 heteroatoms. The van der Waals surface area contributed by atoms with Gasteiger partial charge in [-0.1, -0.05) is 0 Å². The van der Waals surface area contributed by atoms with Crippen molar-refractivity contribution in [2.45, 2.75) is 38.6 Å². The molecule has 1 amide bonds. The van der Waals surface area contributed by atoms with Crippen molar-refractivity contribution >= 4 is 5.91 Å². The third-order valence-corrected chi connectivity index (χ3v) is 2.69. The van der Waals surface area contributed by atoms with E-state index in [1.165, 1.54) is 6.42 Å². The fourth-order valence-corrected chi connectivity index (χ4v) is 1.97. The van der Waals surface area contributed by atoms with Crippen molar-refractivity contribution in [1.82, 2.24) is 4.90 Å². The molecule has 1 fully saturated rings. The minimum absolute atomic E-state index is 0.209. The minimum atomic E-state index is 0.209.